The highest BCUT2D eigenvalue weighted by atomic mass is 32.1. The Kier molecular flexibility index (Phi) is 6.36. The summed E-state index contributed by atoms with van der Waals surface area (Å²) in [6, 6.07) is 10.5. The summed E-state index contributed by atoms with van der Waals surface area (Å²) in [5.74, 6) is 0.354. The third-order valence-electron chi connectivity index (χ3n) is 5.33. The van der Waals surface area contributed by atoms with Gasteiger partial charge in [0.05, 0.1) is 4.88 Å². The molecule has 0 saturated carbocycles. The number of aryl methyl sites for hydroxylation is 1. The molecule has 4 rings (SSSR count). The Morgan fingerprint density at radius 3 is 2.58 bits per heavy atom. The first-order chi connectivity index (χ1) is 15.0. The fourth-order valence-electron chi connectivity index (χ4n) is 3.73. The number of ether oxygens (including phenoxy) is 1. The largest absolute Gasteiger partial charge is 0.484 e. The molecule has 7 nitrogen and oxygen atoms in total. The molecule has 3 heterocycles. The van der Waals surface area contributed by atoms with Crippen LogP contribution < -0.4 is 10.4 Å². The average molecular weight is 441 g/mol. The summed E-state index contributed by atoms with van der Waals surface area (Å²) in [6.45, 7) is 3.91. The molecule has 1 fully saturated rings. The number of hydrogen-bond acceptors (Lipinski definition) is 6. The van der Waals surface area contributed by atoms with Gasteiger partial charge in [0.15, 0.2) is 6.61 Å². The number of nitrogens with zero attached hydrogens (tertiary/aromatic N) is 2. The van der Waals surface area contributed by atoms with E-state index in [9.17, 15) is 14.4 Å². The Balaban J connectivity index is 1.34. The summed E-state index contributed by atoms with van der Waals surface area (Å²) < 4.78 is 11.0. The van der Waals surface area contributed by atoms with E-state index < -0.39 is 0 Å². The van der Waals surface area contributed by atoms with E-state index in [1.165, 1.54) is 17.4 Å². The maximum atomic E-state index is 12.6. The minimum Gasteiger partial charge on any atom is -0.484 e. The summed E-state index contributed by atoms with van der Waals surface area (Å²) in [7, 11) is 0. The van der Waals surface area contributed by atoms with Gasteiger partial charge in [-0.15, -0.1) is 11.3 Å². The average Bonchev–Trinajstić information content (AvgIpc) is 3.32. The van der Waals surface area contributed by atoms with Crippen molar-refractivity contribution in [1.29, 1.82) is 0 Å². The summed E-state index contributed by atoms with van der Waals surface area (Å²) in [6.07, 6.45) is 1.72. The quantitative estimate of drug-likeness (QED) is 0.550. The maximum absolute atomic E-state index is 12.6. The van der Waals surface area contributed by atoms with Gasteiger partial charge in [0.25, 0.3) is 11.8 Å². The Labute approximate surface area is 183 Å². The predicted octanol–water partition coefficient (Wildman–Crippen LogP) is 3.17. The van der Waals surface area contributed by atoms with Gasteiger partial charge in [-0.25, -0.2) is 4.79 Å². The molecule has 162 valence electrons. The number of thiophene rings is 1. The number of piperazine rings is 1. The molecule has 1 aliphatic heterocycles. The Bertz CT molecular complexity index is 1130. The van der Waals surface area contributed by atoms with Crippen molar-refractivity contribution in [2.45, 2.75) is 19.8 Å². The first kappa shape index (κ1) is 21.1. The van der Waals surface area contributed by atoms with Gasteiger partial charge in [0, 0.05) is 43.7 Å². The summed E-state index contributed by atoms with van der Waals surface area (Å²) in [5, 5.41) is 2.76. The number of rotatable bonds is 6. The van der Waals surface area contributed by atoms with Crippen molar-refractivity contribution in [3.8, 4) is 5.75 Å². The van der Waals surface area contributed by atoms with Gasteiger partial charge >= 0.3 is 5.63 Å². The molecular weight excluding hydrogens is 416 g/mol. The number of hydrogen-bond donors (Lipinski definition) is 0. The van der Waals surface area contributed by atoms with Gasteiger partial charge in [-0.05, 0) is 35.6 Å². The Hall–Kier alpha value is -3.13. The van der Waals surface area contributed by atoms with Gasteiger partial charge in [-0.1, -0.05) is 19.4 Å². The van der Waals surface area contributed by atoms with Gasteiger partial charge in [0.2, 0.25) is 0 Å². The van der Waals surface area contributed by atoms with Crippen LogP contribution in [0.25, 0.3) is 11.0 Å². The fraction of sp³-hybridized carbons (Fsp3) is 0.348. The second-order valence-corrected chi connectivity index (χ2v) is 8.39. The van der Waals surface area contributed by atoms with E-state index in [4.69, 9.17) is 9.15 Å². The minimum absolute atomic E-state index is 0.0125. The van der Waals surface area contributed by atoms with Crippen molar-refractivity contribution in [3.05, 3.63) is 62.6 Å². The molecule has 0 aliphatic carbocycles. The molecule has 1 aromatic carbocycles. The zero-order valence-corrected chi connectivity index (χ0v) is 18.2. The van der Waals surface area contributed by atoms with E-state index in [-0.39, 0.29) is 24.0 Å². The third kappa shape index (κ3) is 4.80. The van der Waals surface area contributed by atoms with Crippen LogP contribution in [0.15, 0.2) is 51.0 Å². The lowest BCUT2D eigenvalue weighted by Gasteiger charge is -2.34. The lowest BCUT2D eigenvalue weighted by atomic mass is 10.1. The second-order valence-electron chi connectivity index (χ2n) is 7.44. The summed E-state index contributed by atoms with van der Waals surface area (Å²) >= 11 is 1.42. The van der Waals surface area contributed by atoms with Crippen LogP contribution in [0, 0.1) is 0 Å². The van der Waals surface area contributed by atoms with E-state index in [1.807, 2.05) is 23.6 Å². The Morgan fingerprint density at radius 2 is 1.87 bits per heavy atom. The van der Waals surface area contributed by atoms with E-state index in [2.05, 4.69) is 6.92 Å². The number of amides is 2. The molecule has 31 heavy (non-hydrogen) atoms. The van der Waals surface area contributed by atoms with Gasteiger partial charge in [0.1, 0.15) is 11.3 Å². The van der Waals surface area contributed by atoms with E-state index in [1.54, 1.807) is 21.9 Å². The van der Waals surface area contributed by atoms with E-state index >= 15 is 0 Å². The van der Waals surface area contributed by atoms with Crippen LogP contribution in [-0.2, 0) is 11.2 Å². The topological polar surface area (TPSA) is 80.1 Å². The highest BCUT2D eigenvalue weighted by molar-refractivity contribution is 7.12. The molecule has 0 spiro atoms. The van der Waals surface area contributed by atoms with Crippen LogP contribution in [0.1, 0.15) is 28.6 Å². The smallest absolute Gasteiger partial charge is 0.336 e. The van der Waals surface area contributed by atoms with Gasteiger partial charge in [-0.3, -0.25) is 9.59 Å². The zero-order chi connectivity index (χ0) is 21.8. The molecule has 8 heteroatoms. The number of fused-ring (bicyclic) bond motifs is 1. The molecule has 1 aliphatic rings. The molecule has 3 aromatic rings. The highest BCUT2D eigenvalue weighted by Gasteiger charge is 2.25. The van der Waals surface area contributed by atoms with Crippen LogP contribution in [0.5, 0.6) is 5.75 Å². The van der Waals surface area contributed by atoms with Crippen molar-refractivity contribution in [2.75, 3.05) is 32.8 Å². The molecule has 2 aromatic heterocycles. The predicted molar refractivity (Wildman–Crippen MR) is 119 cm³/mol. The maximum Gasteiger partial charge on any atom is 0.336 e. The normalized spacial score (nSPS) is 14.1. The van der Waals surface area contributed by atoms with Crippen LogP contribution in [0.3, 0.4) is 0 Å². The first-order valence-electron chi connectivity index (χ1n) is 10.4. The molecule has 0 bridgehead atoms. The molecule has 0 atom stereocenters. The number of carbonyl (C=O) groups excluding carboxylic acids is 2. The highest BCUT2D eigenvalue weighted by Crippen LogP contribution is 2.23. The Morgan fingerprint density at radius 1 is 1.10 bits per heavy atom. The molecular formula is C23H24N2O5S. The third-order valence-corrected chi connectivity index (χ3v) is 6.19. The van der Waals surface area contributed by atoms with Crippen molar-refractivity contribution < 1.29 is 18.7 Å². The van der Waals surface area contributed by atoms with Gasteiger partial charge in [-0.2, -0.15) is 0 Å². The fourth-order valence-corrected chi connectivity index (χ4v) is 4.42. The molecule has 0 radical (unpaired) electrons. The van der Waals surface area contributed by atoms with Crippen LogP contribution in [0.4, 0.5) is 0 Å². The van der Waals surface area contributed by atoms with Crippen molar-refractivity contribution in [2.24, 2.45) is 0 Å². The lowest BCUT2D eigenvalue weighted by Crippen LogP contribution is -2.51. The van der Waals surface area contributed by atoms with Crippen molar-refractivity contribution in [3.63, 3.8) is 0 Å². The van der Waals surface area contributed by atoms with Crippen LogP contribution in [0.2, 0.25) is 0 Å². The first-order valence-corrected chi connectivity index (χ1v) is 11.2. The van der Waals surface area contributed by atoms with Crippen molar-refractivity contribution in [1.82, 2.24) is 9.80 Å². The SMILES string of the molecule is CCCc1cc(=O)oc2cc(OCC(=O)N3CCN(C(=O)c4cccs4)CC3)ccc12. The van der Waals surface area contributed by atoms with Crippen LogP contribution >= 0.6 is 11.3 Å². The summed E-state index contributed by atoms with van der Waals surface area (Å²) in [5.41, 5.74) is 1.02. The standard InChI is InChI=1S/C23H24N2O5S/c1-2-4-16-13-22(27)30-19-14-17(6-7-18(16)19)29-15-21(26)24-8-10-25(11-9-24)23(28)20-5-3-12-31-20/h3,5-7,12-14H,2,4,8-11,15H2,1H3. The second kappa shape index (κ2) is 9.34. The van der Waals surface area contributed by atoms with Gasteiger partial charge < -0.3 is 19.0 Å². The number of carbonyl (C=O) groups is 2. The van der Waals surface area contributed by atoms with E-state index in [0.29, 0.717) is 42.4 Å². The molecule has 0 unspecified atom stereocenters. The molecule has 0 N–H and O–H groups in total. The molecule has 2 amide bonds. The minimum atomic E-state index is -0.390. The number of benzene rings is 1. The lowest BCUT2D eigenvalue weighted by molar-refractivity contribution is -0.134. The van der Waals surface area contributed by atoms with E-state index in [0.717, 1.165) is 23.8 Å². The van der Waals surface area contributed by atoms with Crippen LogP contribution in [-0.4, -0.2) is 54.4 Å². The monoisotopic (exact) mass is 440 g/mol. The molecule has 1 saturated heterocycles. The summed E-state index contributed by atoms with van der Waals surface area (Å²) in [4.78, 5) is 41.0. The van der Waals surface area contributed by atoms with Crippen molar-refractivity contribution >= 4 is 34.1 Å². The zero-order valence-electron chi connectivity index (χ0n) is 17.3.